The van der Waals surface area contributed by atoms with Gasteiger partial charge in [-0.2, -0.15) is 4.31 Å². The number of carbonyl (C=O) groups excluding carboxylic acids is 1. The molecule has 10 nitrogen and oxygen atoms in total. The average Bonchev–Trinajstić information content (AvgIpc) is 3.44. The van der Waals surface area contributed by atoms with Crippen LogP contribution in [0.25, 0.3) is 0 Å². The maximum Gasteiger partial charge on any atom is 0.253 e. The van der Waals surface area contributed by atoms with Crippen molar-refractivity contribution in [1.82, 2.24) is 24.2 Å². The second kappa shape index (κ2) is 8.80. The standard InChI is InChI=1S/C19H25N5O5S/c1-28-14-16-12-24(21-20-16)17-6-7-22(13-17)19(25)15-2-4-18(5-3-15)30(26,27)23-8-10-29-11-9-23/h2-5,12,17H,6-11,13-14H2,1H3/t17-/m1/s1. The molecule has 1 aromatic heterocycles. The number of sulfonamides is 1. The van der Waals surface area contributed by atoms with Crippen molar-refractivity contribution >= 4 is 15.9 Å². The molecule has 0 aliphatic carbocycles. The number of benzene rings is 1. The van der Waals surface area contributed by atoms with Gasteiger partial charge < -0.3 is 14.4 Å². The second-order valence-corrected chi connectivity index (χ2v) is 9.30. The monoisotopic (exact) mass is 435 g/mol. The van der Waals surface area contributed by atoms with Gasteiger partial charge in [-0.25, -0.2) is 13.1 Å². The van der Waals surface area contributed by atoms with Crippen LogP contribution in [0, 0.1) is 0 Å². The quantitative estimate of drug-likeness (QED) is 0.652. The minimum Gasteiger partial charge on any atom is -0.379 e. The highest BCUT2D eigenvalue weighted by molar-refractivity contribution is 7.89. The summed E-state index contributed by atoms with van der Waals surface area (Å²) in [4.78, 5) is 14.8. The van der Waals surface area contributed by atoms with Gasteiger partial charge in [0.05, 0.1) is 37.0 Å². The number of carbonyl (C=O) groups is 1. The number of methoxy groups -OCH3 is 1. The van der Waals surface area contributed by atoms with Crippen molar-refractivity contribution < 1.29 is 22.7 Å². The summed E-state index contributed by atoms with van der Waals surface area (Å²) in [6.45, 7) is 3.00. The Labute approximate surface area is 175 Å². The smallest absolute Gasteiger partial charge is 0.253 e. The maximum atomic E-state index is 12.9. The van der Waals surface area contributed by atoms with Crippen LogP contribution in [-0.2, 0) is 26.1 Å². The van der Waals surface area contributed by atoms with E-state index in [0.717, 1.165) is 12.1 Å². The van der Waals surface area contributed by atoms with E-state index in [1.807, 2.05) is 6.20 Å². The average molecular weight is 436 g/mol. The van der Waals surface area contributed by atoms with Gasteiger partial charge in [0.25, 0.3) is 5.91 Å². The van der Waals surface area contributed by atoms with Crippen molar-refractivity contribution in [1.29, 1.82) is 0 Å². The summed E-state index contributed by atoms with van der Waals surface area (Å²) in [5.41, 5.74) is 1.22. The van der Waals surface area contributed by atoms with Crippen molar-refractivity contribution in [3.05, 3.63) is 41.7 Å². The number of likely N-dealkylation sites (tertiary alicyclic amines) is 1. The van der Waals surface area contributed by atoms with Crippen LogP contribution in [-0.4, -0.2) is 85.0 Å². The lowest BCUT2D eigenvalue weighted by Gasteiger charge is -2.26. The summed E-state index contributed by atoms with van der Waals surface area (Å²) in [5.74, 6) is -0.120. The molecule has 2 aliphatic rings. The third-order valence-electron chi connectivity index (χ3n) is 5.38. The van der Waals surface area contributed by atoms with E-state index in [0.29, 0.717) is 51.6 Å². The Hall–Kier alpha value is -2.34. The lowest BCUT2D eigenvalue weighted by atomic mass is 10.2. The molecule has 11 heteroatoms. The Morgan fingerprint density at radius 3 is 2.63 bits per heavy atom. The third-order valence-corrected chi connectivity index (χ3v) is 7.30. The summed E-state index contributed by atoms with van der Waals surface area (Å²) in [6.07, 6.45) is 2.62. The molecule has 3 heterocycles. The molecule has 1 atom stereocenters. The first-order chi connectivity index (χ1) is 14.5. The topological polar surface area (TPSA) is 107 Å². The van der Waals surface area contributed by atoms with Crippen molar-refractivity contribution in [2.75, 3.05) is 46.5 Å². The minimum atomic E-state index is -3.57. The van der Waals surface area contributed by atoms with E-state index >= 15 is 0 Å². The number of ether oxygens (including phenoxy) is 2. The zero-order valence-electron chi connectivity index (χ0n) is 16.8. The summed E-state index contributed by atoms with van der Waals surface area (Å²) in [7, 11) is -1.97. The first-order valence-corrected chi connectivity index (χ1v) is 11.3. The van der Waals surface area contributed by atoms with Gasteiger partial charge in [-0.05, 0) is 30.7 Å². The van der Waals surface area contributed by atoms with Gasteiger partial charge in [-0.3, -0.25) is 4.79 Å². The molecule has 2 fully saturated rings. The Bertz CT molecular complexity index is 985. The highest BCUT2D eigenvalue weighted by Crippen LogP contribution is 2.24. The van der Waals surface area contributed by atoms with Crippen LogP contribution in [0.3, 0.4) is 0 Å². The minimum absolute atomic E-state index is 0.0630. The van der Waals surface area contributed by atoms with Crippen molar-refractivity contribution in [2.24, 2.45) is 0 Å². The van der Waals surface area contributed by atoms with Gasteiger partial charge >= 0.3 is 0 Å². The number of aromatic nitrogens is 3. The molecule has 0 saturated carbocycles. The molecule has 2 aliphatic heterocycles. The van der Waals surface area contributed by atoms with Crippen LogP contribution < -0.4 is 0 Å². The predicted molar refractivity (Wildman–Crippen MR) is 106 cm³/mol. The summed E-state index contributed by atoms with van der Waals surface area (Å²) >= 11 is 0. The lowest BCUT2D eigenvalue weighted by molar-refractivity contribution is 0.0730. The molecule has 2 saturated heterocycles. The van der Waals surface area contributed by atoms with Crippen molar-refractivity contribution in [3.8, 4) is 0 Å². The van der Waals surface area contributed by atoms with Gasteiger partial charge in [0.2, 0.25) is 10.0 Å². The van der Waals surface area contributed by atoms with E-state index in [1.165, 1.54) is 16.4 Å². The molecular weight excluding hydrogens is 410 g/mol. The third kappa shape index (κ3) is 4.24. The van der Waals surface area contributed by atoms with Gasteiger partial charge in [0.1, 0.15) is 5.69 Å². The van der Waals surface area contributed by atoms with Crippen LogP contribution in [0.5, 0.6) is 0 Å². The fourth-order valence-corrected chi connectivity index (χ4v) is 5.14. The number of rotatable bonds is 6. The van der Waals surface area contributed by atoms with Gasteiger partial charge in [0, 0.05) is 38.9 Å². The molecule has 30 heavy (non-hydrogen) atoms. The summed E-state index contributed by atoms with van der Waals surface area (Å²) < 4.78 is 38.9. The molecule has 0 N–H and O–H groups in total. The molecule has 0 bridgehead atoms. The van der Waals surface area contributed by atoms with E-state index in [2.05, 4.69) is 10.3 Å². The van der Waals surface area contributed by atoms with E-state index in [-0.39, 0.29) is 16.8 Å². The summed E-state index contributed by atoms with van der Waals surface area (Å²) in [6, 6.07) is 6.22. The maximum absolute atomic E-state index is 12.9. The predicted octanol–water partition coefficient (Wildman–Crippen LogP) is 0.533. The first-order valence-electron chi connectivity index (χ1n) is 9.86. The Morgan fingerprint density at radius 2 is 1.93 bits per heavy atom. The Balaban J connectivity index is 1.41. The van der Waals surface area contributed by atoms with Gasteiger partial charge in [-0.1, -0.05) is 5.21 Å². The van der Waals surface area contributed by atoms with E-state index in [4.69, 9.17) is 9.47 Å². The lowest BCUT2D eigenvalue weighted by Crippen LogP contribution is -2.40. The van der Waals surface area contributed by atoms with E-state index < -0.39 is 10.0 Å². The number of nitrogens with zero attached hydrogens (tertiary/aromatic N) is 5. The van der Waals surface area contributed by atoms with Crippen molar-refractivity contribution in [2.45, 2.75) is 24.0 Å². The van der Waals surface area contributed by atoms with Gasteiger partial charge in [-0.15, -0.1) is 5.10 Å². The first kappa shape index (κ1) is 20.9. The molecule has 0 radical (unpaired) electrons. The largest absolute Gasteiger partial charge is 0.379 e. The van der Waals surface area contributed by atoms with Crippen LogP contribution in [0.15, 0.2) is 35.4 Å². The Morgan fingerprint density at radius 1 is 1.20 bits per heavy atom. The zero-order chi connectivity index (χ0) is 21.1. The van der Waals surface area contributed by atoms with Crippen molar-refractivity contribution in [3.63, 3.8) is 0 Å². The molecular formula is C19H25N5O5S. The fraction of sp³-hybridized carbons (Fsp3) is 0.526. The molecule has 162 valence electrons. The second-order valence-electron chi connectivity index (χ2n) is 7.36. The van der Waals surface area contributed by atoms with Crippen LogP contribution in [0.4, 0.5) is 0 Å². The Kier molecular flexibility index (Phi) is 6.14. The fourth-order valence-electron chi connectivity index (χ4n) is 3.74. The molecule has 0 unspecified atom stereocenters. The SMILES string of the molecule is COCc1cn([C@@H]2CCN(C(=O)c3ccc(S(=O)(=O)N4CCOCC4)cc3)C2)nn1. The van der Waals surface area contributed by atoms with Crippen LogP contribution in [0.2, 0.25) is 0 Å². The zero-order valence-corrected chi connectivity index (χ0v) is 17.6. The van der Waals surface area contributed by atoms with Crippen LogP contribution in [0.1, 0.15) is 28.5 Å². The molecule has 0 spiro atoms. The molecule has 1 aromatic carbocycles. The van der Waals surface area contributed by atoms with E-state index in [9.17, 15) is 13.2 Å². The molecule has 2 aromatic rings. The number of amides is 1. The molecule has 1 amide bonds. The van der Waals surface area contributed by atoms with Crippen LogP contribution >= 0.6 is 0 Å². The highest BCUT2D eigenvalue weighted by atomic mass is 32.2. The number of hydrogen-bond donors (Lipinski definition) is 0. The number of hydrogen-bond acceptors (Lipinski definition) is 7. The normalized spacial score (nSPS) is 20.6. The van der Waals surface area contributed by atoms with E-state index in [1.54, 1.807) is 28.8 Å². The number of morpholine rings is 1. The summed E-state index contributed by atoms with van der Waals surface area (Å²) in [5, 5.41) is 8.20. The molecule has 4 rings (SSSR count). The highest BCUT2D eigenvalue weighted by Gasteiger charge is 2.30. The van der Waals surface area contributed by atoms with Gasteiger partial charge in [0.15, 0.2) is 0 Å².